The van der Waals surface area contributed by atoms with Gasteiger partial charge in [-0.05, 0) is 38.0 Å². The first kappa shape index (κ1) is 21.0. The third-order valence-electron chi connectivity index (χ3n) is 6.02. The van der Waals surface area contributed by atoms with Crippen molar-refractivity contribution in [3.05, 3.63) is 37.2 Å². The van der Waals surface area contributed by atoms with Gasteiger partial charge in [0.1, 0.15) is 11.6 Å². The molecular formula is C21H24N6O4S. The highest BCUT2D eigenvalue weighted by Gasteiger charge is 2.38. The standard InChI is InChI=1S/C21H24N6O4S/c28-21(25-20-12-22-5-6-24-20)18(9-14-3-7-31-8-4-14)27-13-16-17(26-27)10-23-11-19(16)32(29,30)15-1-2-15/h5-6,10-15,18H,1-4,7-9H2,(H,24,25,28). The van der Waals surface area contributed by atoms with Crippen LogP contribution in [0.15, 0.2) is 42.1 Å². The lowest BCUT2D eigenvalue weighted by Crippen LogP contribution is -2.30. The van der Waals surface area contributed by atoms with Crippen molar-refractivity contribution in [2.45, 2.75) is 48.3 Å². The van der Waals surface area contributed by atoms with E-state index in [0.717, 1.165) is 12.8 Å². The van der Waals surface area contributed by atoms with E-state index in [-0.39, 0.29) is 16.1 Å². The summed E-state index contributed by atoms with van der Waals surface area (Å²) in [5.74, 6) is 0.371. The van der Waals surface area contributed by atoms with Crippen molar-refractivity contribution < 1.29 is 17.9 Å². The minimum Gasteiger partial charge on any atom is -0.381 e. The fraction of sp³-hybridized carbons (Fsp3) is 0.476. The Labute approximate surface area is 185 Å². The molecule has 3 aromatic heterocycles. The third kappa shape index (κ3) is 4.22. The number of nitrogens with zero attached hydrogens (tertiary/aromatic N) is 5. The molecule has 168 valence electrons. The topological polar surface area (TPSA) is 129 Å². The number of anilines is 1. The van der Waals surface area contributed by atoms with Crippen LogP contribution >= 0.6 is 0 Å². The summed E-state index contributed by atoms with van der Waals surface area (Å²) in [5.41, 5.74) is 0.455. The summed E-state index contributed by atoms with van der Waals surface area (Å²) in [4.78, 5) is 25.7. The molecule has 5 rings (SSSR count). The lowest BCUT2D eigenvalue weighted by Gasteiger charge is -2.26. The molecule has 11 heteroatoms. The molecule has 0 aromatic carbocycles. The molecular weight excluding hydrogens is 432 g/mol. The van der Waals surface area contributed by atoms with E-state index in [0.29, 0.717) is 55.1 Å². The smallest absolute Gasteiger partial charge is 0.250 e. The molecule has 1 unspecified atom stereocenters. The van der Waals surface area contributed by atoms with Gasteiger partial charge < -0.3 is 10.1 Å². The second kappa shape index (κ2) is 8.55. The van der Waals surface area contributed by atoms with E-state index in [2.05, 4.69) is 25.4 Å². The second-order valence-electron chi connectivity index (χ2n) is 8.31. The Morgan fingerprint density at radius 3 is 2.66 bits per heavy atom. The number of nitrogens with one attached hydrogen (secondary N) is 1. The monoisotopic (exact) mass is 456 g/mol. The molecule has 2 aliphatic rings. The predicted molar refractivity (Wildman–Crippen MR) is 116 cm³/mol. The Kier molecular flexibility index (Phi) is 5.60. The highest BCUT2D eigenvalue weighted by Crippen LogP contribution is 2.36. The van der Waals surface area contributed by atoms with Crippen LogP contribution in [0.1, 0.15) is 38.1 Å². The molecule has 3 aromatic rings. The van der Waals surface area contributed by atoms with Crippen LogP contribution in [0.2, 0.25) is 0 Å². The van der Waals surface area contributed by atoms with Crippen LogP contribution in [0, 0.1) is 5.92 Å². The maximum atomic E-state index is 13.3. The molecule has 2 fully saturated rings. The van der Waals surface area contributed by atoms with Gasteiger partial charge in [0, 0.05) is 43.4 Å². The first-order chi connectivity index (χ1) is 15.5. The molecule has 1 aliphatic heterocycles. The zero-order valence-corrected chi connectivity index (χ0v) is 18.2. The third-order valence-corrected chi connectivity index (χ3v) is 8.31. The van der Waals surface area contributed by atoms with E-state index in [4.69, 9.17) is 4.74 Å². The van der Waals surface area contributed by atoms with E-state index in [9.17, 15) is 13.2 Å². The molecule has 1 atom stereocenters. The predicted octanol–water partition coefficient (Wildman–Crippen LogP) is 2.15. The van der Waals surface area contributed by atoms with Gasteiger partial charge in [0.2, 0.25) is 5.91 Å². The lowest BCUT2D eigenvalue weighted by molar-refractivity contribution is -0.120. The van der Waals surface area contributed by atoms with Crippen molar-refractivity contribution in [2.24, 2.45) is 5.92 Å². The van der Waals surface area contributed by atoms with E-state index < -0.39 is 15.9 Å². The van der Waals surface area contributed by atoms with E-state index in [1.165, 1.54) is 31.0 Å². The number of hydrogen-bond donors (Lipinski definition) is 1. The largest absolute Gasteiger partial charge is 0.381 e. The minimum atomic E-state index is -3.45. The zero-order chi connectivity index (χ0) is 22.1. The molecule has 0 bridgehead atoms. The Hall–Kier alpha value is -2.92. The molecule has 1 N–H and O–H groups in total. The highest BCUT2D eigenvalue weighted by molar-refractivity contribution is 7.92. The number of pyridine rings is 1. The molecule has 1 saturated carbocycles. The van der Waals surface area contributed by atoms with Crippen LogP contribution in [-0.2, 0) is 19.4 Å². The van der Waals surface area contributed by atoms with Crippen molar-refractivity contribution in [2.75, 3.05) is 18.5 Å². The zero-order valence-electron chi connectivity index (χ0n) is 17.4. The molecule has 0 radical (unpaired) electrons. The van der Waals surface area contributed by atoms with E-state index in [1.807, 2.05) is 0 Å². The van der Waals surface area contributed by atoms with Crippen LogP contribution < -0.4 is 5.32 Å². The highest BCUT2D eigenvalue weighted by atomic mass is 32.2. The van der Waals surface area contributed by atoms with Gasteiger partial charge in [-0.2, -0.15) is 5.10 Å². The molecule has 10 nitrogen and oxygen atoms in total. The fourth-order valence-corrected chi connectivity index (χ4v) is 5.87. The summed E-state index contributed by atoms with van der Waals surface area (Å²) in [6.45, 7) is 1.33. The normalized spacial score (nSPS) is 18.5. The van der Waals surface area contributed by atoms with Crippen LogP contribution in [0.4, 0.5) is 5.82 Å². The van der Waals surface area contributed by atoms with Gasteiger partial charge in [0.05, 0.1) is 22.5 Å². The fourth-order valence-electron chi connectivity index (χ4n) is 4.09. The average molecular weight is 457 g/mol. The second-order valence-corrected chi connectivity index (χ2v) is 10.5. The maximum Gasteiger partial charge on any atom is 0.250 e. The number of aromatic nitrogens is 5. The molecule has 1 aliphatic carbocycles. The van der Waals surface area contributed by atoms with Gasteiger partial charge in [0.15, 0.2) is 15.7 Å². The number of rotatable bonds is 7. The number of hydrogen-bond acceptors (Lipinski definition) is 8. The van der Waals surface area contributed by atoms with Gasteiger partial charge in [-0.25, -0.2) is 13.4 Å². The number of fused-ring (bicyclic) bond motifs is 1. The van der Waals surface area contributed by atoms with Crippen molar-refractivity contribution in [1.29, 1.82) is 0 Å². The Morgan fingerprint density at radius 2 is 1.94 bits per heavy atom. The van der Waals surface area contributed by atoms with E-state index in [1.54, 1.807) is 10.9 Å². The Morgan fingerprint density at radius 1 is 1.12 bits per heavy atom. The number of carbonyl (C=O) groups is 1. The van der Waals surface area contributed by atoms with E-state index >= 15 is 0 Å². The first-order valence-corrected chi connectivity index (χ1v) is 12.3. The minimum absolute atomic E-state index is 0.183. The number of carbonyl (C=O) groups excluding carboxylic acids is 1. The summed E-state index contributed by atoms with van der Waals surface area (Å²) in [6.07, 6.45) is 12.7. The van der Waals surface area contributed by atoms with Gasteiger partial charge in [-0.15, -0.1) is 0 Å². The maximum absolute atomic E-state index is 13.3. The Bertz CT molecular complexity index is 1220. The van der Waals surface area contributed by atoms with Gasteiger partial charge in [-0.3, -0.25) is 19.4 Å². The summed E-state index contributed by atoms with van der Waals surface area (Å²) in [7, 11) is -3.45. The van der Waals surface area contributed by atoms with Gasteiger partial charge >= 0.3 is 0 Å². The number of sulfone groups is 1. The Balaban J connectivity index is 1.50. The quantitative estimate of drug-likeness (QED) is 0.573. The summed E-state index contributed by atoms with van der Waals surface area (Å²) >= 11 is 0. The SMILES string of the molecule is O=C(Nc1cnccn1)C(CC1CCOCC1)n1cc2c(S(=O)(=O)C3CC3)cncc2n1. The van der Waals surface area contributed by atoms with Crippen molar-refractivity contribution in [1.82, 2.24) is 24.7 Å². The van der Waals surface area contributed by atoms with Crippen LogP contribution in [-0.4, -0.2) is 57.5 Å². The lowest BCUT2D eigenvalue weighted by atomic mass is 9.92. The molecule has 0 spiro atoms. The summed E-state index contributed by atoms with van der Waals surface area (Å²) in [5, 5.41) is 7.51. The van der Waals surface area contributed by atoms with Crippen molar-refractivity contribution in [3.63, 3.8) is 0 Å². The van der Waals surface area contributed by atoms with Crippen LogP contribution in [0.25, 0.3) is 10.9 Å². The first-order valence-electron chi connectivity index (χ1n) is 10.7. The molecule has 4 heterocycles. The summed E-state index contributed by atoms with van der Waals surface area (Å²) in [6, 6.07) is -0.635. The molecule has 1 saturated heterocycles. The van der Waals surface area contributed by atoms with Gasteiger partial charge in [-0.1, -0.05) is 0 Å². The van der Waals surface area contributed by atoms with Crippen LogP contribution in [0.5, 0.6) is 0 Å². The van der Waals surface area contributed by atoms with Gasteiger partial charge in [0.25, 0.3) is 0 Å². The summed E-state index contributed by atoms with van der Waals surface area (Å²) < 4.78 is 32.8. The van der Waals surface area contributed by atoms with Crippen molar-refractivity contribution >= 4 is 32.5 Å². The molecule has 32 heavy (non-hydrogen) atoms. The number of amides is 1. The number of ether oxygens (including phenoxy) is 1. The average Bonchev–Trinajstić information content (AvgIpc) is 3.58. The molecule has 1 amide bonds. The van der Waals surface area contributed by atoms with Crippen LogP contribution in [0.3, 0.4) is 0 Å². The van der Waals surface area contributed by atoms with Crippen molar-refractivity contribution in [3.8, 4) is 0 Å².